The Hall–Kier alpha value is -2.74. The van der Waals surface area contributed by atoms with Crippen LogP contribution in [0, 0.1) is 0 Å². The van der Waals surface area contributed by atoms with Gasteiger partial charge >= 0.3 is 0 Å². The van der Waals surface area contributed by atoms with Crippen molar-refractivity contribution in [2.75, 3.05) is 19.5 Å². The predicted molar refractivity (Wildman–Crippen MR) is 94.6 cm³/mol. The Labute approximate surface area is 149 Å². The molecule has 2 aromatic carbocycles. The number of aromatic nitrogens is 4. The Bertz CT molecular complexity index is 790. The molecular weight excluding hydrogens is 340 g/mol. The van der Waals surface area contributed by atoms with Crippen molar-refractivity contribution in [3.05, 3.63) is 48.5 Å². The summed E-state index contributed by atoms with van der Waals surface area (Å²) >= 11 is 1.56. The van der Waals surface area contributed by atoms with Crippen LogP contribution >= 0.6 is 11.8 Å². The Morgan fingerprint density at radius 2 is 1.76 bits per heavy atom. The maximum absolute atomic E-state index is 9.36. The number of tetrazole rings is 1. The third-order valence-corrected chi connectivity index (χ3v) is 4.39. The first-order chi connectivity index (χ1) is 12.3. The Kier molecular flexibility index (Phi) is 5.73. The summed E-state index contributed by atoms with van der Waals surface area (Å²) in [6, 6.07) is 14.3. The van der Waals surface area contributed by atoms with E-state index < -0.39 is 0 Å². The molecule has 0 amide bonds. The van der Waals surface area contributed by atoms with E-state index in [4.69, 9.17) is 9.47 Å². The molecule has 0 radical (unpaired) electrons. The van der Waals surface area contributed by atoms with Crippen molar-refractivity contribution < 1.29 is 14.6 Å². The van der Waals surface area contributed by atoms with Crippen LogP contribution in [0.4, 0.5) is 0 Å². The van der Waals surface area contributed by atoms with E-state index in [1.54, 1.807) is 47.8 Å². The average Bonchev–Trinajstić information content (AvgIpc) is 3.11. The van der Waals surface area contributed by atoms with Crippen LogP contribution in [0.5, 0.6) is 17.2 Å². The molecule has 3 aromatic rings. The minimum absolute atomic E-state index is 0.210. The van der Waals surface area contributed by atoms with E-state index in [0.717, 1.165) is 29.4 Å². The van der Waals surface area contributed by atoms with Gasteiger partial charge in [0.05, 0.1) is 19.4 Å². The number of ether oxygens (including phenoxy) is 2. The van der Waals surface area contributed by atoms with Crippen molar-refractivity contribution in [1.29, 1.82) is 0 Å². The van der Waals surface area contributed by atoms with Gasteiger partial charge in [0.2, 0.25) is 5.16 Å². The standard InChI is InChI=1S/C17H18N4O3S/c1-23-15-7-9-16(10-8-15)24-11-2-12-25-17-18-19-20-21(17)13-3-5-14(22)6-4-13/h3-10,22H,2,11-12H2,1H3. The largest absolute Gasteiger partial charge is 0.508 e. The number of rotatable bonds is 8. The molecule has 0 spiro atoms. The van der Waals surface area contributed by atoms with Crippen LogP contribution in [0.3, 0.4) is 0 Å². The normalized spacial score (nSPS) is 10.6. The first-order valence-corrected chi connectivity index (χ1v) is 8.72. The van der Waals surface area contributed by atoms with E-state index >= 15 is 0 Å². The van der Waals surface area contributed by atoms with E-state index in [9.17, 15) is 5.11 Å². The molecule has 0 saturated heterocycles. The van der Waals surface area contributed by atoms with Crippen LogP contribution in [0.25, 0.3) is 5.69 Å². The van der Waals surface area contributed by atoms with Gasteiger partial charge < -0.3 is 14.6 Å². The van der Waals surface area contributed by atoms with Gasteiger partial charge in [-0.1, -0.05) is 11.8 Å². The van der Waals surface area contributed by atoms with E-state index in [1.165, 1.54) is 0 Å². The summed E-state index contributed by atoms with van der Waals surface area (Å²) < 4.78 is 12.5. The quantitative estimate of drug-likeness (QED) is 0.490. The maximum atomic E-state index is 9.36. The van der Waals surface area contributed by atoms with Gasteiger partial charge in [0.15, 0.2) is 0 Å². The minimum Gasteiger partial charge on any atom is -0.508 e. The molecule has 0 bridgehead atoms. The summed E-state index contributed by atoms with van der Waals surface area (Å²) in [7, 11) is 1.64. The van der Waals surface area contributed by atoms with Gasteiger partial charge in [-0.3, -0.25) is 0 Å². The van der Waals surface area contributed by atoms with Crippen molar-refractivity contribution in [3.63, 3.8) is 0 Å². The highest BCUT2D eigenvalue weighted by Crippen LogP contribution is 2.21. The number of hydrogen-bond donors (Lipinski definition) is 1. The third-order valence-electron chi connectivity index (χ3n) is 3.38. The SMILES string of the molecule is COc1ccc(OCCCSc2nnnn2-c2ccc(O)cc2)cc1. The van der Waals surface area contributed by atoms with Crippen LogP contribution in [-0.2, 0) is 0 Å². The Morgan fingerprint density at radius 3 is 2.48 bits per heavy atom. The molecule has 1 aromatic heterocycles. The van der Waals surface area contributed by atoms with Crippen LogP contribution < -0.4 is 9.47 Å². The number of phenols is 1. The van der Waals surface area contributed by atoms with E-state index in [0.29, 0.717) is 11.8 Å². The molecule has 1 N–H and O–H groups in total. The molecule has 0 saturated carbocycles. The average molecular weight is 358 g/mol. The smallest absolute Gasteiger partial charge is 0.214 e. The molecule has 0 atom stereocenters. The topological polar surface area (TPSA) is 82.3 Å². The first-order valence-electron chi connectivity index (χ1n) is 7.74. The maximum Gasteiger partial charge on any atom is 0.214 e. The number of aromatic hydroxyl groups is 1. The highest BCUT2D eigenvalue weighted by Gasteiger charge is 2.08. The lowest BCUT2D eigenvalue weighted by molar-refractivity contribution is 0.318. The molecule has 25 heavy (non-hydrogen) atoms. The van der Waals surface area contributed by atoms with Gasteiger partial charge in [0.25, 0.3) is 0 Å². The fraction of sp³-hybridized carbons (Fsp3) is 0.235. The fourth-order valence-electron chi connectivity index (χ4n) is 2.11. The molecule has 0 aliphatic rings. The van der Waals surface area contributed by atoms with Gasteiger partial charge in [0, 0.05) is 5.75 Å². The molecule has 3 rings (SSSR count). The predicted octanol–water partition coefficient (Wildman–Crippen LogP) is 2.94. The zero-order valence-corrected chi connectivity index (χ0v) is 14.5. The highest BCUT2D eigenvalue weighted by molar-refractivity contribution is 7.99. The summed E-state index contributed by atoms with van der Waals surface area (Å²) in [5, 5.41) is 21.8. The van der Waals surface area contributed by atoms with Crippen molar-refractivity contribution >= 4 is 11.8 Å². The lowest BCUT2D eigenvalue weighted by atomic mass is 10.3. The van der Waals surface area contributed by atoms with E-state index in [2.05, 4.69) is 15.5 Å². The molecular formula is C17H18N4O3S. The number of nitrogens with zero attached hydrogens (tertiary/aromatic N) is 4. The first kappa shape index (κ1) is 17.1. The van der Waals surface area contributed by atoms with E-state index in [-0.39, 0.29) is 5.75 Å². The van der Waals surface area contributed by atoms with Gasteiger partial charge in [-0.05, 0) is 65.4 Å². The van der Waals surface area contributed by atoms with Crippen LogP contribution in [0.1, 0.15) is 6.42 Å². The molecule has 1 heterocycles. The minimum atomic E-state index is 0.210. The Balaban J connectivity index is 1.46. The molecule has 7 nitrogen and oxygen atoms in total. The van der Waals surface area contributed by atoms with Crippen LogP contribution in [0.2, 0.25) is 0 Å². The number of phenolic OH excluding ortho intramolecular Hbond substituents is 1. The molecule has 0 fully saturated rings. The van der Waals surface area contributed by atoms with Gasteiger partial charge in [-0.25, -0.2) is 0 Å². The second-order valence-electron chi connectivity index (χ2n) is 5.12. The molecule has 8 heteroatoms. The Morgan fingerprint density at radius 1 is 1.04 bits per heavy atom. The lowest BCUT2D eigenvalue weighted by Crippen LogP contribution is -2.01. The number of hydrogen-bond acceptors (Lipinski definition) is 7. The monoisotopic (exact) mass is 358 g/mol. The summed E-state index contributed by atoms with van der Waals surface area (Å²) in [5.74, 6) is 2.67. The lowest BCUT2D eigenvalue weighted by Gasteiger charge is -2.07. The highest BCUT2D eigenvalue weighted by atomic mass is 32.2. The van der Waals surface area contributed by atoms with Crippen molar-refractivity contribution in [3.8, 4) is 22.9 Å². The summed E-state index contributed by atoms with van der Waals surface area (Å²) in [4.78, 5) is 0. The van der Waals surface area contributed by atoms with Crippen LogP contribution in [0.15, 0.2) is 53.7 Å². The summed E-state index contributed by atoms with van der Waals surface area (Å²) in [6.45, 7) is 0.611. The number of thioether (sulfide) groups is 1. The van der Waals surface area contributed by atoms with E-state index in [1.807, 2.05) is 24.3 Å². The zero-order valence-electron chi connectivity index (χ0n) is 13.7. The van der Waals surface area contributed by atoms with Crippen molar-refractivity contribution in [1.82, 2.24) is 20.2 Å². The molecule has 130 valence electrons. The zero-order chi connectivity index (χ0) is 17.5. The van der Waals surface area contributed by atoms with Crippen molar-refractivity contribution in [2.45, 2.75) is 11.6 Å². The van der Waals surface area contributed by atoms with Gasteiger partial charge in [0.1, 0.15) is 17.2 Å². The molecule has 0 aliphatic carbocycles. The van der Waals surface area contributed by atoms with Gasteiger partial charge in [-0.15, -0.1) is 5.10 Å². The third kappa shape index (κ3) is 4.63. The summed E-state index contributed by atoms with van der Waals surface area (Å²) in [6.07, 6.45) is 0.860. The second-order valence-corrected chi connectivity index (χ2v) is 6.18. The fourth-order valence-corrected chi connectivity index (χ4v) is 2.91. The van der Waals surface area contributed by atoms with Gasteiger partial charge in [-0.2, -0.15) is 4.68 Å². The summed E-state index contributed by atoms with van der Waals surface area (Å²) in [5.41, 5.74) is 0.805. The number of benzene rings is 2. The second kappa shape index (κ2) is 8.39. The van der Waals surface area contributed by atoms with Crippen molar-refractivity contribution in [2.24, 2.45) is 0 Å². The van der Waals surface area contributed by atoms with Crippen LogP contribution in [-0.4, -0.2) is 44.8 Å². The number of methoxy groups -OCH3 is 1. The molecule has 0 unspecified atom stereocenters. The molecule has 0 aliphatic heterocycles.